The number of primary amides is 1. The van der Waals surface area contributed by atoms with Gasteiger partial charge in [0.05, 0.1) is 23.1 Å². The van der Waals surface area contributed by atoms with Gasteiger partial charge in [0.2, 0.25) is 5.91 Å². The van der Waals surface area contributed by atoms with E-state index in [9.17, 15) is 47.4 Å². The van der Waals surface area contributed by atoms with Crippen LogP contribution in [0.4, 0.5) is 13.2 Å². The average molecular weight is 636 g/mol. The molecule has 0 aliphatic heterocycles. The van der Waals surface area contributed by atoms with Gasteiger partial charge in [0.25, 0.3) is 0 Å². The number of fused-ring (bicyclic) bond motifs is 3. The summed E-state index contributed by atoms with van der Waals surface area (Å²) in [6, 6.07) is -0.411. The van der Waals surface area contributed by atoms with Crippen molar-refractivity contribution < 1.29 is 47.4 Å². The van der Waals surface area contributed by atoms with E-state index >= 15 is 0 Å². The number of likely N-dealkylation sites (N-methyl/N-ethyl adjacent to an activating group) is 1. The van der Waals surface area contributed by atoms with E-state index in [-0.39, 0.29) is 23.9 Å². The molecular formula is C32H40F3N3O7. The zero-order valence-corrected chi connectivity index (χ0v) is 25.9. The van der Waals surface area contributed by atoms with Crippen molar-refractivity contribution in [1.29, 1.82) is 0 Å². The van der Waals surface area contributed by atoms with Crippen molar-refractivity contribution in [2.24, 2.45) is 34.8 Å². The molecule has 4 N–H and O–H groups in total. The Morgan fingerprint density at radius 3 is 2.24 bits per heavy atom. The maximum absolute atomic E-state index is 14.9. The summed E-state index contributed by atoms with van der Waals surface area (Å²) < 4.78 is 44.7. The number of rotatable bonds is 8. The second kappa shape index (κ2) is 11.3. The smallest absolute Gasteiger partial charge is 0.417 e. The van der Waals surface area contributed by atoms with Gasteiger partial charge in [0.15, 0.2) is 34.7 Å². The highest BCUT2D eigenvalue weighted by atomic mass is 19.4. The summed E-state index contributed by atoms with van der Waals surface area (Å²) in [6.45, 7) is 4.87. The molecule has 1 aromatic rings. The maximum atomic E-state index is 14.9. The van der Waals surface area contributed by atoms with Crippen molar-refractivity contribution in [1.82, 2.24) is 9.80 Å². The minimum absolute atomic E-state index is 0.0263. The largest absolute Gasteiger partial charge is 0.507 e. The van der Waals surface area contributed by atoms with Gasteiger partial charge in [0, 0.05) is 19.0 Å². The zero-order valence-electron chi connectivity index (χ0n) is 25.9. The number of hydrogen-bond acceptors (Lipinski definition) is 9. The van der Waals surface area contributed by atoms with Crippen molar-refractivity contribution in [3.63, 3.8) is 0 Å². The fourth-order valence-corrected chi connectivity index (χ4v) is 8.52. The molecule has 13 heteroatoms. The number of carbonyl (C=O) groups is 5. The van der Waals surface area contributed by atoms with Crippen LogP contribution in [0.15, 0.2) is 6.07 Å². The fourth-order valence-electron chi connectivity index (χ4n) is 8.52. The van der Waals surface area contributed by atoms with Gasteiger partial charge in [-0.3, -0.25) is 33.8 Å². The van der Waals surface area contributed by atoms with Gasteiger partial charge in [-0.2, -0.15) is 13.2 Å². The Bertz CT molecular complexity index is 1460. The van der Waals surface area contributed by atoms with Crippen molar-refractivity contribution in [2.75, 3.05) is 27.2 Å². The van der Waals surface area contributed by atoms with E-state index in [1.54, 1.807) is 0 Å². The van der Waals surface area contributed by atoms with Crippen LogP contribution in [-0.2, 0) is 38.3 Å². The topological polar surface area (TPSA) is 158 Å². The van der Waals surface area contributed by atoms with E-state index in [1.807, 2.05) is 11.8 Å². The van der Waals surface area contributed by atoms with Crippen LogP contribution in [0.25, 0.3) is 0 Å². The minimum Gasteiger partial charge on any atom is -0.507 e. The van der Waals surface area contributed by atoms with E-state index in [0.717, 1.165) is 31.7 Å². The van der Waals surface area contributed by atoms with Crippen LogP contribution in [0.1, 0.15) is 73.0 Å². The summed E-state index contributed by atoms with van der Waals surface area (Å²) in [6.07, 6.45) is -1.76. The second-order valence-electron chi connectivity index (χ2n) is 13.6. The summed E-state index contributed by atoms with van der Waals surface area (Å²) >= 11 is 0. The molecule has 6 atom stereocenters. The molecule has 3 saturated carbocycles. The maximum Gasteiger partial charge on any atom is 0.417 e. The Balaban J connectivity index is 1.60. The summed E-state index contributed by atoms with van der Waals surface area (Å²) in [7, 11) is 2.87. The lowest BCUT2D eigenvalue weighted by Crippen LogP contribution is -2.74. The van der Waals surface area contributed by atoms with E-state index in [4.69, 9.17) is 5.73 Å². The average Bonchev–Trinajstić information content (AvgIpc) is 2.90. The Morgan fingerprint density at radius 2 is 1.76 bits per heavy atom. The molecular weight excluding hydrogens is 595 g/mol. The van der Waals surface area contributed by atoms with Crippen molar-refractivity contribution in [3.8, 4) is 5.75 Å². The number of ketones is 4. The molecule has 0 aromatic heterocycles. The number of aliphatic hydroxyl groups is 1. The number of nitrogens with two attached hydrogens (primary N) is 1. The molecule has 246 valence electrons. The molecule has 0 saturated heterocycles. The predicted molar refractivity (Wildman–Crippen MR) is 154 cm³/mol. The number of alkyl halides is 3. The molecule has 0 radical (unpaired) electrons. The van der Waals surface area contributed by atoms with Crippen LogP contribution in [0, 0.1) is 29.1 Å². The molecule has 2 unspecified atom stereocenters. The van der Waals surface area contributed by atoms with Gasteiger partial charge >= 0.3 is 6.18 Å². The molecule has 0 bridgehead atoms. The Morgan fingerprint density at radius 1 is 1.11 bits per heavy atom. The van der Waals surface area contributed by atoms with Crippen LogP contribution in [0.5, 0.6) is 5.75 Å². The van der Waals surface area contributed by atoms with Crippen molar-refractivity contribution in [2.45, 2.75) is 76.7 Å². The summed E-state index contributed by atoms with van der Waals surface area (Å²) in [5.74, 6) is -13.3. The first-order valence-electron chi connectivity index (χ1n) is 15.4. The molecule has 4 aliphatic rings. The number of amides is 1. The number of carbonyl (C=O) groups excluding carboxylic acids is 5. The summed E-state index contributed by atoms with van der Waals surface area (Å²) in [5.41, 5.74) is 0.0740. The van der Waals surface area contributed by atoms with Crippen LogP contribution >= 0.6 is 0 Å². The predicted octanol–water partition coefficient (Wildman–Crippen LogP) is 2.29. The highest BCUT2D eigenvalue weighted by Gasteiger charge is 2.69. The first-order valence-corrected chi connectivity index (χ1v) is 15.4. The Labute approximate surface area is 259 Å². The molecule has 0 spiro atoms. The number of phenolic OH excluding ortho intramolecular Hbond substituents is 1. The molecule has 45 heavy (non-hydrogen) atoms. The quantitative estimate of drug-likeness (QED) is 0.365. The van der Waals surface area contributed by atoms with Gasteiger partial charge in [-0.15, -0.1) is 0 Å². The first kappa shape index (κ1) is 33.2. The molecule has 1 amide bonds. The Kier molecular flexibility index (Phi) is 8.32. The van der Waals surface area contributed by atoms with Gasteiger partial charge in [0.1, 0.15) is 5.75 Å². The standard InChI is InChI=1S/C32H40F3N3O7/c1-5-30(8-7-9-30)14-38(6-2)13-16-12-19(39)21-17(23(16)32(33,34)35)10-15-11-18-24(37(3)4)26(41)22(29(36)44)28(43)31(18,45)27(42)20(15)25(21)40/h12,15,18,20,22,24,39,45H,5-11,13-14H2,1-4H3,(H2,36,44)/t15-,18-,20?,22?,24-,31-/m0/s1. The van der Waals surface area contributed by atoms with E-state index in [0.29, 0.717) is 13.1 Å². The summed E-state index contributed by atoms with van der Waals surface area (Å²) in [4.78, 5) is 69.8. The van der Waals surface area contributed by atoms with Crippen LogP contribution in [0.2, 0.25) is 0 Å². The van der Waals surface area contributed by atoms with E-state index in [1.165, 1.54) is 19.0 Å². The number of aromatic hydroxyl groups is 1. The van der Waals surface area contributed by atoms with E-state index < -0.39 is 99.4 Å². The zero-order chi connectivity index (χ0) is 33.4. The van der Waals surface area contributed by atoms with Crippen LogP contribution in [0.3, 0.4) is 0 Å². The van der Waals surface area contributed by atoms with Crippen LogP contribution in [-0.4, -0.2) is 87.9 Å². The number of halogens is 3. The molecule has 0 heterocycles. The molecule has 10 nitrogen and oxygen atoms in total. The number of benzene rings is 1. The molecule has 5 rings (SSSR count). The summed E-state index contributed by atoms with van der Waals surface area (Å²) in [5, 5.41) is 22.7. The lowest BCUT2D eigenvalue weighted by Gasteiger charge is -2.52. The molecule has 1 aromatic carbocycles. The third-order valence-corrected chi connectivity index (χ3v) is 11.0. The number of hydrogen-bond donors (Lipinski definition) is 3. The van der Waals surface area contributed by atoms with Gasteiger partial charge in [-0.05, 0) is 81.3 Å². The fraction of sp³-hybridized carbons (Fsp3) is 0.656. The van der Waals surface area contributed by atoms with Crippen molar-refractivity contribution >= 4 is 29.0 Å². The highest BCUT2D eigenvalue weighted by molar-refractivity contribution is 6.32. The third-order valence-electron chi connectivity index (χ3n) is 11.0. The lowest BCUT2D eigenvalue weighted by atomic mass is 9.52. The second-order valence-corrected chi connectivity index (χ2v) is 13.6. The first-order chi connectivity index (χ1) is 20.9. The van der Waals surface area contributed by atoms with Gasteiger partial charge < -0.3 is 15.9 Å². The highest BCUT2D eigenvalue weighted by Crippen LogP contribution is 2.53. The monoisotopic (exact) mass is 635 g/mol. The van der Waals surface area contributed by atoms with Crippen molar-refractivity contribution in [3.05, 3.63) is 28.3 Å². The number of phenols is 1. The number of nitrogens with zero attached hydrogens (tertiary/aromatic N) is 2. The van der Waals surface area contributed by atoms with Gasteiger partial charge in [-0.25, -0.2) is 0 Å². The Hall–Kier alpha value is -3.16. The third kappa shape index (κ3) is 5.01. The molecule has 4 aliphatic carbocycles. The normalized spacial score (nSPS) is 31.0. The minimum atomic E-state index is -4.91. The molecule has 3 fully saturated rings. The van der Waals surface area contributed by atoms with Crippen LogP contribution < -0.4 is 5.73 Å². The number of Topliss-reactive ketones (excluding diaryl/α,β-unsaturated/α-hetero) is 4. The van der Waals surface area contributed by atoms with Gasteiger partial charge in [-0.1, -0.05) is 20.3 Å². The SMILES string of the molecule is CCN(Cc1cc(O)c2c(c1C(F)(F)F)C[C@H]1C[C@H]3[C@H](N(C)C)C(=O)C(C(N)=O)C(=O)[C@@]3(O)C(=O)C1C2=O)CC1(CC)CCC1. The van der Waals surface area contributed by atoms with E-state index in [2.05, 4.69) is 6.92 Å². The lowest BCUT2D eigenvalue weighted by molar-refractivity contribution is -0.181.